The van der Waals surface area contributed by atoms with Crippen molar-refractivity contribution in [1.29, 1.82) is 0 Å². The summed E-state index contributed by atoms with van der Waals surface area (Å²) in [7, 11) is 0. The summed E-state index contributed by atoms with van der Waals surface area (Å²) in [4.78, 5) is 42.6. The van der Waals surface area contributed by atoms with Crippen LogP contribution < -0.4 is 0 Å². The van der Waals surface area contributed by atoms with Crippen LogP contribution in [0.5, 0.6) is 0 Å². The number of amides is 1. The first-order valence-corrected chi connectivity index (χ1v) is 12.8. The van der Waals surface area contributed by atoms with E-state index in [9.17, 15) is 27.6 Å². The number of alkyl halides is 3. The van der Waals surface area contributed by atoms with E-state index >= 15 is 0 Å². The van der Waals surface area contributed by atoms with Gasteiger partial charge >= 0.3 is 12.1 Å². The van der Waals surface area contributed by atoms with Crippen molar-refractivity contribution in [2.75, 3.05) is 13.1 Å². The van der Waals surface area contributed by atoms with E-state index in [1.165, 1.54) is 12.4 Å². The van der Waals surface area contributed by atoms with Crippen LogP contribution in [0.1, 0.15) is 78.9 Å². The van der Waals surface area contributed by atoms with E-state index < -0.39 is 59.0 Å². The highest BCUT2D eigenvalue weighted by Gasteiger charge is 2.57. The maximum atomic E-state index is 14.3. The number of carbonyl (C=O) groups excluding carboxylic acids is 2. The fraction of sp³-hybridized carbons (Fsp3) is 0.560. The van der Waals surface area contributed by atoms with Gasteiger partial charge in [0, 0.05) is 18.9 Å². The third kappa shape index (κ3) is 5.54. The van der Waals surface area contributed by atoms with Gasteiger partial charge < -0.3 is 10.0 Å². The molecule has 0 atom stereocenters. The van der Waals surface area contributed by atoms with Gasteiger partial charge in [0.15, 0.2) is 11.5 Å². The van der Waals surface area contributed by atoms with Crippen molar-refractivity contribution >= 4 is 40.9 Å². The molecule has 0 aliphatic heterocycles. The van der Waals surface area contributed by atoms with Gasteiger partial charge in [-0.3, -0.25) is 24.0 Å². The average Bonchev–Trinajstić information content (AvgIpc) is 3.14. The largest absolute Gasteiger partial charge is 0.481 e. The number of rotatable bonds is 7. The maximum Gasteiger partial charge on any atom is 0.433 e. The molecule has 0 aromatic carbocycles. The lowest BCUT2D eigenvalue weighted by Crippen LogP contribution is -2.50. The first-order chi connectivity index (χ1) is 17.5. The van der Waals surface area contributed by atoms with Crippen molar-refractivity contribution in [1.82, 2.24) is 19.7 Å². The summed E-state index contributed by atoms with van der Waals surface area (Å²) in [6, 6.07) is -0.602. The van der Waals surface area contributed by atoms with Gasteiger partial charge in [0.1, 0.15) is 0 Å². The molecule has 13 heteroatoms. The van der Waals surface area contributed by atoms with Crippen LogP contribution in [0.25, 0.3) is 0 Å². The van der Waals surface area contributed by atoms with Gasteiger partial charge in [-0.15, -0.1) is 0 Å². The number of pyridine rings is 1. The summed E-state index contributed by atoms with van der Waals surface area (Å²) in [6.45, 7) is 4.79. The minimum absolute atomic E-state index is 0.0243. The summed E-state index contributed by atoms with van der Waals surface area (Å²) < 4.78 is 43.7. The van der Waals surface area contributed by atoms with Gasteiger partial charge in [-0.2, -0.15) is 18.3 Å². The van der Waals surface area contributed by atoms with Crippen LogP contribution in [-0.2, 0) is 11.0 Å². The first kappa shape index (κ1) is 28.4. The smallest absolute Gasteiger partial charge is 0.433 e. The zero-order valence-corrected chi connectivity index (χ0v) is 22.5. The van der Waals surface area contributed by atoms with Gasteiger partial charge in [-0.25, -0.2) is 0 Å². The Kier molecular flexibility index (Phi) is 7.33. The highest BCUT2D eigenvalue weighted by atomic mass is 35.5. The predicted octanol–water partition coefficient (Wildman–Crippen LogP) is 5.79. The third-order valence-corrected chi connectivity index (χ3v) is 7.68. The Morgan fingerprint density at radius 2 is 1.66 bits per heavy atom. The maximum absolute atomic E-state index is 14.3. The van der Waals surface area contributed by atoms with Crippen LogP contribution in [0.15, 0.2) is 18.6 Å². The van der Waals surface area contributed by atoms with Gasteiger partial charge in [-0.05, 0) is 36.5 Å². The predicted molar refractivity (Wildman–Crippen MR) is 132 cm³/mol. The number of carboxylic acid groups (broad SMARTS) is 1. The summed E-state index contributed by atoms with van der Waals surface area (Å²) in [6.07, 6.45) is 0.00958. The number of carbonyl (C=O) groups is 3. The molecular formula is C25H27Cl2F3N4O4. The Bertz CT molecular complexity index is 1250. The molecule has 0 saturated heterocycles. The van der Waals surface area contributed by atoms with Gasteiger partial charge in [0.2, 0.25) is 0 Å². The summed E-state index contributed by atoms with van der Waals surface area (Å²) in [5.41, 5.74) is -2.74. The topological polar surface area (TPSA) is 105 Å². The molecule has 2 aromatic heterocycles. The van der Waals surface area contributed by atoms with Crippen molar-refractivity contribution in [3.8, 4) is 0 Å². The number of aliphatic carboxylic acids is 1. The molecule has 2 heterocycles. The Hall–Kier alpha value is -2.66. The van der Waals surface area contributed by atoms with Crippen LogP contribution >= 0.6 is 23.2 Å². The molecule has 1 spiro atoms. The molecule has 2 fully saturated rings. The molecule has 4 rings (SSSR count). The van der Waals surface area contributed by atoms with Crippen molar-refractivity contribution in [3.63, 3.8) is 0 Å². The molecule has 0 unspecified atom stereocenters. The van der Waals surface area contributed by atoms with Crippen molar-refractivity contribution < 1.29 is 32.7 Å². The van der Waals surface area contributed by atoms with Crippen LogP contribution in [0, 0.1) is 16.7 Å². The van der Waals surface area contributed by atoms with Crippen LogP contribution in [0.2, 0.25) is 10.0 Å². The molecule has 0 bridgehead atoms. The Morgan fingerprint density at radius 1 is 1.08 bits per heavy atom. The lowest BCUT2D eigenvalue weighted by atomic mass is 9.50. The molecule has 206 valence electrons. The zero-order valence-electron chi connectivity index (χ0n) is 21.0. The van der Waals surface area contributed by atoms with E-state index in [1.54, 1.807) is 20.8 Å². The number of aromatic nitrogens is 3. The minimum Gasteiger partial charge on any atom is -0.481 e. The molecule has 2 aromatic rings. The molecule has 2 aliphatic carbocycles. The lowest BCUT2D eigenvalue weighted by Gasteiger charge is -2.56. The van der Waals surface area contributed by atoms with Crippen molar-refractivity contribution in [3.05, 3.63) is 45.5 Å². The van der Waals surface area contributed by atoms with E-state index in [2.05, 4.69) is 10.1 Å². The number of hydrogen-bond donors (Lipinski definition) is 1. The molecule has 0 radical (unpaired) electrons. The van der Waals surface area contributed by atoms with E-state index in [1.807, 2.05) is 0 Å². The van der Waals surface area contributed by atoms with Crippen molar-refractivity contribution in [2.45, 2.75) is 58.7 Å². The van der Waals surface area contributed by atoms with Gasteiger partial charge in [-0.1, -0.05) is 44.0 Å². The minimum atomic E-state index is -4.89. The second kappa shape index (κ2) is 9.82. The van der Waals surface area contributed by atoms with Gasteiger partial charge in [0.25, 0.3) is 5.91 Å². The number of nitrogens with zero attached hydrogens (tertiary/aromatic N) is 4. The van der Waals surface area contributed by atoms with Crippen LogP contribution in [-0.4, -0.2) is 55.5 Å². The molecule has 1 N–H and O–H groups in total. The highest BCUT2D eigenvalue weighted by Crippen LogP contribution is 2.63. The zero-order chi connectivity index (χ0) is 28.2. The Morgan fingerprint density at radius 3 is 2.16 bits per heavy atom. The lowest BCUT2D eigenvalue weighted by molar-refractivity contribution is -0.160. The van der Waals surface area contributed by atoms with E-state index in [4.69, 9.17) is 28.3 Å². The second-order valence-electron chi connectivity index (χ2n) is 11.5. The highest BCUT2D eigenvalue weighted by molar-refractivity contribution is 6.39. The number of ketones is 1. The van der Waals surface area contributed by atoms with Gasteiger partial charge in [0.05, 0.1) is 45.9 Å². The summed E-state index contributed by atoms with van der Waals surface area (Å²) in [5.74, 6) is -3.00. The monoisotopic (exact) mass is 574 g/mol. The fourth-order valence-corrected chi connectivity index (χ4v) is 6.13. The normalized spacial score (nSPS) is 23.1. The number of hydrogen-bond acceptors (Lipinski definition) is 5. The van der Waals surface area contributed by atoms with E-state index in [0.717, 1.165) is 15.8 Å². The summed E-state index contributed by atoms with van der Waals surface area (Å²) >= 11 is 12.2. The molecular weight excluding hydrogens is 548 g/mol. The molecule has 1 amide bonds. The molecule has 2 aliphatic rings. The van der Waals surface area contributed by atoms with E-state index in [0.29, 0.717) is 25.7 Å². The van der Waals surface area contributed by atoms with Crippen LogP contribution in [0.3, 0.4) is 0 Å². The molecule has 38 heavy (non-hydrogen) atoms. The van der Waals surface area contributed by atoms with Crippen molar-refractivity contribution in [2.24, 2.45) is 16.7 Å². The molecule has 2 saturated carbocycles. The average molecular weight is 575 g/mol. The molecule has 8 nitrogen and oxygen atoms in total. The standard InChI is InChI=1S/C25H27Cl2F3N4O4/c1-23(2,3)12-33(11-18(35)19-16(26)9-31-10-17(19)27)21(36)15-8-32-34(20(15)25(28,29)30)14-6-24(7-14)4-13(5-24)22(37)38/h8-10,13-14H,4-7,11-12H2,1-3H3,(H,37,38)/t13-,14-,24?. The fourth-order valence-electron chi connectivity index (χ4n) is 5.56. The Balaban J connectivity index is 1.62. The second-order valence-corrected chi connectivity index (χ2v) is 12.3. The SMILES string of the molecule is CC(C)(C)CN(CC(=O)c1c(Cl)cncc1Cl)C(=O)c1cnn([C@H]2CC3(C[C@H](C(=O)O)C3)C2)c1C(F)(F)F. The van der Waals surface area contributed by atoms with E-state index in [-0.39, 0.29) is 27.6 Å². The third-order valence-electron chi connectivity index (χ3n) is 7.10. The number of carboxylic acids is 1. The summed E-state index contributed by atoms with van der Waals surface area (Å²) in [5, 5.41) is 13.0. The number of halogens is 5. The quantitative estimate of drug-likeness (QED) is 0.419. The first-order valence-electron chi connectivity index (χ1n) is 12.0. The van der Waals surface area contributed by atoms with Crippen LogP contribution in [0.4, 0.5) is 13.2 Å². The Labute approximate surface area is 227 Å². The number of Topliss-reactive ketones (excluding diaryl/α,β-unsaturated/α-hetero) is 1.